The third-order valence-electron chi connectivity index (χ3n) is 4.38. The van der Waals surface area contributed by atoms with Crippen LogP contribution in [-0.2, 0) is 4.79 Å². The normalized spacial score (nSPS) is 19.6. The third kappa shape index (κ3) is 5.15. The fourth-order valence-corrected chi connectivity index (χ4v) is 2.89. The van der Waals surface area contributed by atoms with Crippen molar-refractivity contribution in [2.45, 2.75) is 31.5 Å². The second-order valence-corrected chi connectivity index (χ2v) is 6.65. The van der Waals surface area contributed by atoms with E-state index in [0.29, 0.717) is 12.1 Å². The lowest BCUT2D eigenvalue weighted by Gasteiger charge is -2.14. The van der Waals surface area contributed by atoms with E-state index in [9.17, 15) is 31.1 Å². The van der Waals surface area contributed by atoms with E-state index in [1.165, 1.54) is 0 Å². The summed E-state index contributed by atoms with van der Waals surface area (Å²) in [4.78, 5) is 19.9. The van der Waals surface area contributed by atoms with Crippen LogP contribution in [0.4, 0.5) is 26.3 Å². The van der Waals surface area contributed by atoms with Crippen molar-refractivity contribution in [3.8, 4) is 5.88 Å². The highest BCUT2D eigenvalue weighted by atomic mass is 19.4. The standard InChI is InChI=1S/C18H15F6N3O2/c1-8(14-5-26-15(6-25-14)29-7-18(22,23)24)27-17(28)11-4-10(11)16-12(20)2-9(19)3-13(16)21/h2-3,5-6,8,10-11H,4,7H2,1H3,(H,27,28)/t8-,10-,11-/m1/s1. The van der Waals surface area contributed by atoms with E-state index >= 15 is 0 Å². The van der Waals surface area contributed by atoms with Gasteiger partial charge in [-0.3, -0.25) is 9.78 Å². The zero-order valence-corrected chi connectivity index (χ0v) is 14.9. The second-order valence-electron chi connectivity index (χ2n) is 6.65. The van der Waals surface area contributed by atoms with Crippen LogP contribution in [0.25, 0.3) is 0 Å². The zero-order valence-electron chi connectivity index (χ0n) is 14.9. The Labute approximate surface area is 161 Å². The quantitative estimate of drug-likeness (QED) is 0.724. The number of alkyl halides is 3. The summed E-state index contributed by atoms with van der Waals surface area (Å²) in [7, 11) is 0. The van der Waals surface area contributed by atoms with Gasteiger partial charge in [0.05, 0.1) is 24.1 Å². The van der Waals surface area contributed by atoms with Crippen molar-refractivity contribution in [1.82, 2.24) is 15.3 Å². The summed E-state index contributed by atoms with van der Waals surface area (Å²) in [6.07, 6.45) is -2.16. The minimum absolute atomic E-state index is 0.202. The van der Waals surface area contributed by atoms with E-state index in [1.54, 1.807) is 6.92 Å². The molecule has 1 heterocycles. The highest BCUT2D eigenvalue weighted by Crippen LogP contribution is 2.49. The SMILES string of the molecule is C[C@@H](NC(=O)[C@@H]1C[C@H]1c1c(F)cc(F)cc1F)c1cnc(OCC(F)(F)F)cn1. The van der Waals surface area contributed by atoms with E-state index in [0.717, 1.165) is 12.4 Å². The predicted octanol–water partition coefficient (Wildman–Crippen LogP) is 3.82. The largest absolute Gasteiger partial charge is 0.467 e. The van der Waals surface area contributed by atoms with Crippen LogP contribution in [-0.4, -0.2) is 28.7 Å². The van der Waals surface area contributed by atoms with Crippen LogP contribution in [0.2, 0.25) is 0 Å². The summed E-state index contributed by atoms with van der Waals surface area (Å²) < 4.78 is 81.4. The molecule has 0 spiro atoms. The van der Waals surface area contributed by atoms with Gasteiger partial charge in [0, 0.05) is 29.5 Å². The van der Waals surface area contributed by atoms with Crippen molar-refractivity contribution in [3.05, 3.63) is 53.2 Å². The number of carbonyl (C=O) groups is 1. The van der Waals surface area contributed by atoms with Gasteiger partial charge in [-0.2, -0.15) is 13.2 Å². The molecule has 29 heavy (non-hydrogen) atoms. The van der Waals surface area contributed by atoms with Gasteiger partial charge in [-0.1, -0.05) is 0 Å². The molecule has 0 bridgehead atoms. The summed E-state index contributed by atoms with van der Waals surface area (Å²) in [6.45, 7) is 0.0570. The van der Waals surface area contributed by atoms with Crippen LogP contribution < -0.4 is 10.1 Å². The summed E-state index contributed by atoms with van der Waals surface area (Å²) in [5, 5.41) is 2.60. The summed E-state index contributed by atoms with van der Waals surface area (Å²) in [5.41, 5.74) is -0.0702. The molecule has 1 saturated carbocycles. The molecule has 0 unspecified atom stereocenters. The number of benzene rings is 1. The molecule has 11 heteroatoms. The Morgan fingerprint density at radius 3 is 2.41 bits per heavy atom. The maximum atomic E-state index is 13.8. The lowest BCUT2D eigenvalue weighted by atomic mass is 10.1. The van der Waals surface area contributed by atoms with E-state index in [2.05, 4.69) is 20.0 Å². The predicted molar refractivity (Wildman–Crippen MR) is 87.3 cm³/mol. The van der Waals surface area contributed by atoms with Crippen molar-refractivity contribution in [1.29, 1.82) is 0 Å². The molecule has 1 aliphatic rings. The monoisotopic (exact) mass is 419 g/mol. The van der Waals surface area contributed by atoms with Gasteiger partial charge in [-0.05, 0) is 13.3 Å². The molecule has 2 aromatic rings. The summed E-state index contributed by atoms with van der Waals surface area (Å²) in [5.74, 6) is -5.33. The van der Waals surface area contributed by atoms with Crippen LogP contribution in [0.3, 0.4) is 0 Å². The number of rotatable bonds is 6. The van der Waals surface area contributed by atoms with E-state index in [4.69, 9.17) is 0 Å². The minimum atomic E-state index is -4.51. The Morgan fingerprint density at radius 2 is 1.86 bits per heavy atom. The Kier molecular flexibility index (Phi) is 5.67. The number of hydrogen-bond donors (Lipinski definition) is 1. The Bertz CT molecular complexity index is 880. The molecule has 0 aliphatic heterocycles. The maximum absolute atomic E-state index is 13.8. The molecule has 3 rings (SSSR count). The van der Waals surface area contributed by atoms with Crippen molar-refractivity contribution < 1.29 is 35.9 Å². The van der Waals surface area contributed by atoms with Gasteiger partial charge in [0.25, 0.3) is 0 Å². The number of nitrogens with zero attached hydrogens (tertiary/aromatic N) is 2. The molecule has 1 aromatic heterocycles. The van der Waals surface area contributed by atoms with Gasteiger partial charge in [0.2, 0.25) is 11.8 Å². The van der Waals surface area contributed by atoms with Crippen molar-refractivity contribution in [3.63, 3.8) is 0 Å². The topological polar surface area (TPSA) is 64.1 Å². The summed E-state index contributed by atoms with van der Waals surface area (Å²) in [6, 6.07) is 0.467. The van der Waals surface area contributed by atoms with Crippen molar-refractivity contribution >= 4 is 5.91 Å². The number of halogens is 6. The fraction of sp³-hybridized carbons (Fsp3) is 0.389. The lowest BCUT2D eigenvalue weighted by molar-refractivity contribution is -0.154. The fourth-order valence-electron chi connectivity index (χ4n) is 2.89. The maximum Gasteiger partial charge on any atom is 0.422 e. The Hall–Kier alpha value is -2.85. The molecule has 1 aromatic carbocycles. The molecule has 5 nitrogen and oxygen atoms in total. The van der Waals surface area contributed by atoms with Crippen LogP contribution in [0.5, 0.6) is 5.88 Å². The number of ether oxygens (including phenoxy) is 1. The van der Waals surface area contributed by atoms with Gasteiger partial charge in [-0.25, -0.2) is 18.2 Å². The average molecular weight is 419 g/mol. The highest BCUT2D eigenvalue weighted by Gasteiger charge is 2.47. The first-order valence-corrected chi connectivity index (χ1v) is 8.51. The molecule has 0 radical (unpaired) electrons. The molecule has 1 fully saturated rings. The molecule has 3 atom stereocenters. The number of hydrogen-bond acceptors (Lipinski definition) is 4. The molecule has 156 valence electrons. The van der Waals surface area contributed by atoms with Crippen LogP contribution in [0.1, 0.15) is 36.6 Å². The number of nitrogens with one attached hydrogen (secondary N) is 1. The van der Waals surface area contributed by atoms with E-state index < -0.39 is 54.0 Å². The zero-order chi connectivity index (χ0) is 21.3. The van der Waals surface area contributed by atoms with Gasteiger partial charge < -0.3 is 10.1 Å². The highest BCUT2D eigenvalue weighted by molar-refractivity contribution is 5.83. The van der Waals surface area contributed by atoms with Crippen molar-refractivity contribution in [2.24, 2.45) is 5.92 Å². The molecular weight excluding hydrogens is 404 g/mol. The number of aromatic nitrogens is 2. The second kappa shape index (κ2) is 7.88. The van der Waals surface area contributed by atoms with Crippen LogP contribution in [0.15, 0.2) is 24.5 Å². The van der Waals surface area contributed by atoms with E-state index in [1.807, 2.05) is 0 Å². The minimum Gasteiger partial charge on any atom is -0.467 e. The van der Waals surface area contributed by atoms with Gasteiger partial charge in [0.15, 0.2) is 6.61 Å². The van der Waals surface area contributed by atoms with Gasteiger partial charge in [-0.15, -0.1) is 0 Å². The number of amides is 1. The first kappa shape index (κ1) is 20.9. The lowest BCUT2D eigenvalue weighted by Crippen LogP contribution is -2.29. The first-order chi connectivity index (χ1) is 13.5. The van der Waals surface area contributed by atoms with Gasteiger partial charge in [0.1, 0.15) is 17.5 Å². The van der Waals surface area contributed by atoms with Crippen LogP contribution >= 0.6 is 0 Å². The molecule has 0 saturated heterocycles. The number of carbonyl (C=O) groups excluding carboxylic acids is 1. The Morgan fingerprint density at radius 1 is 1.21 bits per heavy atom. The summed E-state index contributed by atoms with van der Waals surface area (Å²) >= 11 is 0. The molecular formula is C18H15F6N3O2. The molecule has 1 aliphatic carbocycles. The Balaban J connectivity index is 1.58. The van der Waals surface area contributed by atoms with E-state index in [-0.39, 0.29) is 23.6 Å². The van der Waals surface area contributed by atoms with Crippen molar-refractivity contribution in [2.75, 3.05) is 6.61 Å². The smallest absolute Gasteiger partial charge is 0.422 e. The average Bonchev–Trinajstić information content (AvgIpc) is 3.39. The van der Waals surface area contributed by atoms with Crippen LogP contribution in [0, 0.1) is 23.4 Å². The molecule has 1 amide bonds. The van der Waals surface area contributed by atoms with Gasteiger partial charge >= 0.3 is 6.18 Å². The first-order valence-electron chi connectivity index (χ1n) is 8.51. The third-order valence-corrected chi connectivity index (χ3v) is 4.38. The molecule has 1 N–H and O–H groups in total.